The van der Waals surface area contributed by atoms with E-state index in [0.29, 0.717) is 23.0 Å². The summed E-state index contributed by atoms with van der Waals surface area (Å²) in [4.78, 5) is 24.7. The molecule has 6 bridgehead atoms. The van der Waals surface area contributed by atoms with E-state index in [2.05, 4.69) is 12.2 Å². The summed E-state index contributed by atoms with van der Waals surface area (Å²) < 4.78 is 28.4. The van der Waals surface area contributed by atoms with E-state index in [9.17, 15) is 9.59 Å². The molecule has 6 heterocycles. The van der Waals surface area contributed by atoms with E-state index in [4.69, 9.17) is 23.7 Å². The van der Waals surface area contributed by atoms with Gasteiger partial charge >= 0.3 is 11.9 Å². The molecule has 0 N–H and O–H groups in total. The minimum Gasteiger partial charge on any atom is -0.466 e. The summed E-state index contributed by atoms with van der Waals surface area (Å²) in [6.45, 7) is 0. The van der Waals surface area contributed by atoms with Crippen molar-refractivity contribution in [1.82, 2.24) is 0 Å². The van der Waals surface area contributed by atoms with E-state index in [1.165, 1.54) is 14.2 Å². The predicted molar refractivity (Wildman–Crippen MR) is 80.1 cm³/mol. The minimum atomic E-state index is -0.519. The van der Waals surface area contributed by atoms with Crippen LogP contribution in [-0.2, 0) is 33.3 Å². The van der Waals surface area contributed by atoms with E-state index >= 15 is 0 Å². The fourth-order valence-corrected chi connectivity index (χ4v) is 6.26. The fraction of sp³-hybridized carbons (Fsp3) is 0.667. The second kappa shape index (κ2) is 4.52. The van der Waals surface area contributed by atoms with Crippen molar-refractivity contribution in [1.29, 1.82) is 0 Å². The number of hydrogen-bond donors (Lipinski definition) is 0. The van der Waals surface area contributed by atoms with Crippen molar-refractivity contribution in [2.24, 2.45) is 23.7 Å². The number of fused-ring (bicyclic) bond motifs is 16. The Morgan fingerprint density at radius 2 is 1.24 bits per heavy atom. The first-order valence-electron chi connectivity index (χ1n) is 8.71. The highest BCUT2D eigenvalue weighted by molar-refractivity contribution is 6.03. The third-order valence-corrected chi connectivity index (χ3v) is 6.95. The van der Waals surface area contributed by atoms with Gasteiger partial charge in [-0.3, -0.25) is 0 Å². The van der Waals surface area contributed by atoms with Gasteiger partial charge in [0.2, 0.25) is 0 Å². The monoisotopic (exact) mass is 346 g/mol. The minimum absolute atomic E-state index is 0.00574. The van der Waals surface area contributed by atoms with Gasteiger partial charge < -0.3 is 23.7 Å². The summed E-state index contributed by atoms with van der Waals surface area (Å²) in [6, 6.07) is 0. The molecule has 6 aliphatic rings. The predicted octanol–water partition coefficient (Wildman–Crippen LogP) is -0.00700. The molecule has 0 aromatic carbocycles. The molecule has 0 aromatic heterocycles. The number of rotatable bonds is 2. The van der Waals surface area contributed by atoms with Gasteiger partial charge in [0, 0.05) is 23.7 Å². The molecule has 6 aliphatic heterocycles. The summed E-state index contributed by atoms with van der Waals surface area (Å²) in [5, 5.41) is 0. The van der Waals surface area contributed by atoms with E-state index in [1.807, 2.05) is 0 Å². The van der Waals surface area contributed by atoms with Gasteiger partial charge in [-0.2, -0.15) is 0 Å². The van der Waals surface area contributed by atoms with E-state index in [-0.39, 0.29) is 36.3 Å². The van der Waals surface area contributed by atoms with Crippen LogP contribution in [0, 0.1) is 23.7 Å². The van der Waals surface area contributed by atoms with E-state index in [1.54, 1.807) is 0 Å². The fourth-order valence-electron chi connectivity index (χ4n) is 6.26. The van der Waals surface area contributed by atoms with Crippen LogP contribution < -0.4 is 0 Å². The number of methoxy groups -OCH3 is 2. The molecule has 6 rings (SSSR count). The molecule has 4 fully saturated rings. The van der Waals surface area contributed by atoms with Crippen LogP contribution in [0.25, 0.3) is 0 Å². The molecular formula is C18H18O7. The van der Waals surface area contributed by atoms with Crippen molar-refractivity contribution in [3.8, 4) is 0 Å². The van der Waals surface area contributed by atoms with Gasteiger partial charge in [0.05, 0.1) is 62.0 Å². The molecule has 7 nitrogen and oxygen atoms in total. The maximum atomic E-state index is 12.3. The first kappa shape index (κ1) is 14.5. The molecular weight excluding hydrogens is 328 g/mol. The normalized spacial score (nSPS) is 52.7. The van der Waals surface area contributed by atoms with Crippen LogP contribution in [0.4, 0.5) is 0 Å². The second-order valence-corrected chi connectivity index (χ2v) is 7.61. The third-order valence-electron chi connectivity index (χ3n) is 6.95. The summed E-state index contributed by atoms with van der Waals surface area (Å²) in [7, 11) is 2.63. The zero-order chi connectivity index (χ0) is 17.0. The van der Waals surface area contributed by atoms with Gasteiger partial charge in [-0.05, 0) is 0 Å². The third kappa shape index (κ3) is 1.46. The van der Waals surface area contributed by atoms with Crippen molar-refractivity contribution in [2.75, 3.05) is 14.2 Å². The van der Waals surface area contributed by atoms with Gasteiger partial charge in [-0.1, -0.05) is 12.2 Å². The number of esters is 2. The topological polar surface area (TPSA) is 80.3 Å². The van der Waals surface area contributed by atoms with Crippen LogP contribution in [0.15, 0.2) is 23.3 Å². The standard InChI is InChI=1S/C18H18O7/c1-21-17(19)11-12(18(20)22-2)16-10-9(15(11)25-16)13-7-5-3-4-6(23-5)8(7)14(10)24-13/h3-10,13-16H,1-2H3/t5-,6-,7-,8+,9+,10+,13+,14+,15+,16+/m1/s1. The molecule has 0 spiro atoms. The van der Waals surface area contributed by atoms with Crippen LogP contribution in [0.5, 0.6) is 0 Å². The quantitative estimate of drug-likeness (QED) is 0.514. The van der Waals surface area contributed by atoms with Gasteiger partial charge in [0.1, 0.15) is 0 Å². The molecule has 10 atom stereocenters. The first-order chi connectivity index (χ1) is 12.2. The lowest BCUT2D eigenvalue weighted by atomic mass is 9.60. The molecule has 0 amide bonds. The van der Waals surface area contributed by atoms with Crippen LogP contribution in [0.2, 0.25) is 0 Å². The average Bonchev–Trinajstić information content (AvgIpc) is 3.42. The first-order valence-corrected chi connectivity index (χ1v) is 8.71. The molecule has 4 saturated heterocycles. The van der Waals surface area contributed by atoms with Gasteiger partial charge in [-0.15, -0.1) is 0 Å². The number of hydrogen-bond acceptors (Lipinski definition) is 7. The van der Waals surface area contributed by atoms with Crippen molar-refractivity contribution in [3.05, 3.63) is 23.3 Å². The number of ether oxygens (including phenoxy) is 5. The molecule has 25 heavy (non-hydrogen) atoms. The second-order valence-electron chi connectivity index (χ2n) is 7.61. The molecule has 0 aromatic rings. The lowest BCUT2D eigenvalue weighted by molar-refractivity contribution is -0.140. The molecule has 0 unspecified atom stereocenters. The van der Waals surface area contributed by atoms with Crippen molar-refractivity contribution in [2.45, 2.75) is 36.6 Å². The Kier molecular flexibility index (Phi) is 2.62. The Labute approximate surface area is 143 Å². The van der Waals surface area contributed by atoms with Crippen molar-refractivity contribution in [3.63, 3.8) is 0 Å². The van der Waals surface area contributed by atoms with Crippen molar-refractivity contribution >= 4 is 11.9 Å². The zero-order valence-corrected chi connectivity index (χ0v) is 13.8. The summed E-state index contributed by atoms with van der Waals surface area (Å²) in [6.07, 6.45) is 3.49. The summed E-state index contributed by atoms with van der Waals surface area (Å²) in [5.41, 5.74) is 0.626. The molecule has 0 saturated carbocycles. The van der Waals surface area contributed by atoms with Crippen LogP contribution >= 0.6 is 0 Å². The zero-order valence-electron chi connectivity index (χ0n) is 13.8. The summed E-state index contributed by atoms with van der Waals surface area (Å²) >= 11 is 0. The van der Waals surface area contributed by atoms with E-state index in [0.717, 1.165) is 0 Å². The average molecular weight is 346 g/mol. The Balaban J connectivity index is 1.44. The molecule has 7 heteroatoms. The van der Waals surface area contributed by atoms with Crippen LogP contribution in [0.1, 0.15) is 0 Å². The van der Waals surface area contributed by atoms with Gasteiger partial charge in [-0.25, -0.2) is 9.59 Å². The Morgan fingerprint density at radius 3 is 1.68 bits per heavy atom. The smallest absolute Gasteiger partial charge is 0.337 e. The lowest BCUT2D eigenvalue weighted by Gasteiger charge is -2.37. The lowest BCUT2D eigenvalue weighted by Crippen LogP contribution is -2.49. The molecule has 0 aliphatic carbocycles. The highest BCUT2D eigenvalue weighted by atomic mass is 16.6. The molecule has 0 radical (unpaired) electrons. The van der Waals surface area contributed by atoms with Crippen LogP contribution in [-0.4, -0.2) is 62.8 Å². The van der Waals surface area contributed by atoms with Gasteiger partial charge in [0.15, 0.2) is 0 Å². The maximum absolute atomic E-state index is 12.3. The SMILES string of the molecule is COC(=O)C1=C(C(=O)OC)[C@H]2O[C@H]1[C@@H]1[C@H]3O[C@H]([C@H]12)[C@H]1[C@@H]3[C@H]2C=C[C@H]1O2. The van der Waals surface area contributed by atoms with Gasteiger partial charge in [0.25, 0.3) is 0 Å². The Bertz CT molecular complexity index is 697. The van der Waals surface area contributed by atoms with Crippen molar-refractivity contribution < 1.29 is 33.3 Å². The largest absolute Gasteiger partial charge is 0.466 e. The van der Waals surface area contributed by atoms with E-state index < -0.39 is 24.1 Å². The Morgan fingerprint density at radius 1 is 0.760 bits per heavy atom. The maximum Gasteiger partial charge on any atom is 0.337 e. The highest BCUT2D eigenvalue weighted by Gasteiger charge is 2.75. The van der Waals surface area contributed by atoms with Crippen LogP contribution in [0.3, 0.4) is 0 Å². The Hall–Kier alpha value is -1.70. The molecule has 132 valence electrons. The number of carbonyl (C=O) groups is 2. The number of carbonyl (C=O) groups excluding carboxylic acids is 2. The summed E-state index contributed by atoms with van der Waals surface area (Å²) in [5.74, 6) is -0.288. The highest BCUT2D eigenvalue weighted by Crippen LogP contribution is 2.65.